The van der Waals surface area contributed by atoms with Crippen molar-refractivity contribution >= 4 is 6.09 Å². The van der Waals surface area contributed by atoms with Crippen LogP contribution in [0.25, 0.3) is 0 Å². The largest absolute Gasteiger partial charge is 0.490 e. The molecule has 3 N–H and O–H groups in total. The van der Waals surface area contributed by atoms with Crippen molar-refractivity contribution in [3.63, 3.8) is 0 Å². The minimum Gasteiger partial charge on any atom is -0.490 e. The fourth-order valence-corrected chi connectivity index (χ4v) is 1.77. The number of amides is 1. The van der Waals surface area contributed by atoms with E-state index in [2.05, 4.69) is 10.1 Å². The molecule has 1 amide bonds. The molecule has 1 aromatic rings. The quantitative estimate of drug-likeness (QED) is 0.778. The van der Waals surface area contributed by atoms with Crippen molar-refractivity contribution in [1.82, 2.24) is 5.32 Å². The van der Waals surface area contributed by atoms with E-state index in [1.54, 1.807) is 0 Å². The highest BCUT2D eigenvalue weighted by molar-refractivity contribution is 5.64. The molecule has 0 atom stereocenters. The van der Waals surface area contributed by atoms with E-state index in [1.165, 1.54) is 0 Å². The topological polar surface area (TPSA) is 82.8 Å². The molecule has 6 heteroatoms. The predicted molar refractivity (Wildman–Crippen MR) is 69.3 cm³/mol. The van der Waals surface area contributed by atoms with Gasteiger partial charge in [0.15, 0.2) is 11.5 Å². The molecule has 1 aliphatic heterocycles. The van der Waals surface area contributed by atoms with Crippen molar-refractivity contribution in [1.29, 1.82) is 0 Å². The summed E-state index contributed by atoms with van der Waals surface area (Å²) in [5, 5.41) is 3.15. The average molecular weight is 266 g/mol. The van der Waals surface area contributed by atoms with Gasteiger partial charge in [0.05, 0.1) is 13.2 Å². The van der Waals surface area contributed by atoms with Crippen molar-refractivity contribution in [3.05, 3.63) is 23.8 Å². The third-order valence-electron chi connectivity index (χ3n) is 2.66. The van der Waals surface area contributed by atoms with Crippen molar-refractivity contribution < 1.29 is 19.0 Å². The van der Waals surface area contributed by atoms with Crippen LogP contribution in [0.15, 0.2) is 18.2 Å². The van der Waals surface area contributed by atoms with Crippen molar-refractivity contribution in [2.45, 2.75) is 13.0 Å². The lowest BCUT2D eigenvalue weighted by molar-refractivity contribution is 0.157. The summed E-state index contributed by atoms with van der Waals surface area (Å²) in [6.45, 7) is 2.85. The SMILES string of the molecule is NC(=O)OCCNCc1ccc2c(c1)OCCCO2. The number of nitrogens with two attached hydrogens (primary N) is 1. The number of nitrogens with one attached hydrogen (secondary N) is 1. The Hall–Kier alpha value is -1.95. The first-order valence-corrected chi connectivity index (χ1v) is 6.27. The molecule has 1 heterocycles. The van der Waals surface area contributed by atoms with E-state index in [0.717, 1.165) is 23.5 Å². The molecule has 0 aromatic heterocycles. The number of benzene rings is 1. The van der Waals surface area contributed by atoms with E-state index in [1.807, 2.05) is 18.2 Å². The van der Waals surface area contributed by atoms with Crippen LogP contribution in [0.2, 0.25) is 0 Å². The van der Waals surface area contributed by atoms with Crippen LogP contribution in [0, 0.1) is 0 Å². The smallest absolute Gasteiger partial charge is 0.404 e. The lowest BCUT2D eigenvalue weighted by atomic mass is 10.2. The second-order valence-corrected chi connectivity index (χ2v) is 4.18. The molecule has 0 saturated carbocycles. The maximum absolute atomic E-state index is 10.4. The summed E-state index contributed by atoms with van der Waals surface area (Å²) in [6, 6.07) is 5.86. The second kappa shape index (κ2) is 6.84. The molecular weight excluding hydrogens is 248 g/mol. The predicted octanol–water partition coefficient (Wildman–Crippen LogP) is 1.03. The molecule has 1 aliphatic rings. The van der Waals surface area contributed by atoms with Crippen LogP contribution < -0.4 is 20.5 Å². The summed E-state index contributed by atoms with van der Waals surface area (Å²) in [6.07, 6.45) is 0.143. The maximum atomic E-state index is 10.4. The number of rotatable bonds is 5. The fourth-order valence-electron chi connectivity index (χ4n) is 1.77. The third kappa shape index (κ3) is 4.33. The minimum absolute atomic E-state index is 0.264. The van der Waals surface area contributed by atoms with Crippen LogP contribution >= 0.6 is 0 Å². The van der Waals surface area contributed by atoms with E-state index < -0.39 is 6.09 Å². The normalized spacial score (nSPS) is 13.7. The molecule has 2 rings (SSSR count). The lowest BCUT2D eigenvalue weighted by Crippen LogP contribution is -2.23. The summed E-state index contributed by atoms with van der Waals surface area (Å²) >= 11 is 0. The number of carbonyl (C=O) groups excluding carboxylic acids is 1. The van der Waals surface area contributed by atoms with E-state index in [-0.39, 0.29) is 6.61 Å². The average Bonchev–Trinajstić information content (AvgIpc) is 2.62. The fraction of sp³-hybridized carbons (Fsp3) is 0.462. The van der Waals surface area contributed by atoms with Crippen molar-refractivity contribution in [2.24, 2.45) is 5.73 Å². The molecule has 6 nitrogen and oxygen atoms in total. The van der Waals surface area contributed by atoms with Gasteiger partial charge in [-0.1, -0.05) is 6.07 Å². The number of carbonyl (C=O) groups is 1. The van der Waals surface area contributed by atoms with Gasteiger partial charge in [0.2, 0.25) is 0 Å². The number of hydrogen-bond acceptors (Lipinski definition) is 5. The minimum atomic E-state index is -0.752. The first-order chi connectivity index (χ1) is 9.25. The number of ether oxygens (including phenoxy) is 3. The number of fused-ring (bicyclic) bond motifs is 1. The molecule has 0 saturated heterocycles. The molecule has 0 unspecified atom stereocenters. The molecular formula is C13H18N2O4. The van der Waals surface area contributed by atoms with Crippen LogP contribution in [-0.2, 0) is 11.3 Å². The van der Waals surface area contributed by atoms with Gasteiger partial charge >= 0.3 is 6.09 Å². The van der Waals surface area contributed by atoms with Crippen LogP contribution in [-0.4, -0.2) is 32.5 Å². The Morgan fingerprint density at radius 3 is 2.89 bits per heavy atom. The van der Waals surface area contributed by atoms with Crippen molar-refractivity contribution in [2.75, 3.05) is 26.4 Å². The molecule has 104 valence electrons. The van der Waals surface area contributed by atoms with Gasteiger partial charge in [-0.2, -0.15) is 0 Å². The summed E-state index contributed by atoms with van der Waals surface area (Å²) in [5.41, 5.74) is 5.94. The van der Waals surface area contributed by atoms with Gasteiger partial charge < -0.3 is 25.3 Å². The Morgan fingerprint density at radius 1 is 1.32 bits per heavy atom. The van der Waals surface area contributed by atoms with Crippen LogP contribution in [0.3, 0.4) is 0 Å². The van der Waals surface area contributed by atoms with Gasteiger partial charge in [0, 0.05) is 19.5 Å². The van der Waals surface area contributed by atoms with Gasteiger partial charge in [0.25, 0.3) is 0 Å². The van der Waals surface area contributed by atoms with E-state index in [9.17, 15) is 4.79 Å². The molecule has 0 fully saturated rings. The molecule has 1 aromatic carbocycles. The Morgan fingerprint density at radius 2 is 2.11 bits per heavy atom. The highest BCUT2D eigenvalue weighted by atomic mass is 16.5. The standard InChI is InChI=1S/C13H18N2O4/c14-13(16)19-7-4-15-9-10-2-3-11-12(8-10)18-6-1-5-17-11/h2-3,8,15H,1,4-7,9H2,(H2,14,16). The zero-order valence-corrected chi connectivity index (χ0v) is 10.7. The highest BCUT2D eigenvalue weighted by Gasteiger charge is 2.10. The Kier molecular flexibility index (Phi) is 4.85. The van der Waals surface area contributed by atoms with Gasteiger partial charge in [-0.25, -0.2) is 4.79 Å². The van der Waals surface area contributed by atoms with Crippen LogP contribution in [0.4, 0.5) is 4.79 Å². The number of hydrogen-bond donors (Lipinski definition) is 2. The highest BCUT2D eigenvalue weighted by Crippen LogP contribution is 2.30. The number of primary amides is 1. The van der Waals surface area contributed by atoms with E-state index in [0.29, 0.717) is 26.3 Å². The van der Waals surface area contributed by atoms with Gasteiger partial charge in [-0.05, 0) is 17.7 Å². The molecule has 19 heavy (non-hydrogen) atoms. The first-order valence-electron chi connectivity index (χ1n) is 6.27. The lowest BCUT2D eigenvalue weighted by Gasteiger charge is -2.10. The zero-order valence-electron chi connectivity index (χ0n) is 10.7. The second-order valence-electron chi connectivity index (χ2n) is 4.18. The van der Waals surface area contributed by atoms with Gasteiger partial charge in [-0.15, -0.1) is 0 Å². The summed E-state index contributed by atoms with van der Waals surface area (Å²) < 4.78 is 15.8. The van der Waals surface area contributed by atoms with E-state index >= 15 is 0 Å². The Balaban J connectivity index is 1.81. The monoisotopic (exact) mass is 266 g/mol. The summed E-state index contributed by atoms with van der Waals surface area (Å²) in [4.78, 5) is 10.4. The maximum Gasteiger partial charge on any atom is 0.404 e. The van der Waals surface area contributed by atoms with Gasteiger partial charge in [0.1, 0.15) is 6.61 Å². The Bertz CT molecular complexity index is 437. The molecule has 0 aliphatic carbocycles. The first kappa shape index (κ1) is 13.5. The van der Waals surface area contributed by atoms with Gasteiger partial charge in [-0.3, -0.25) is 0 Å². The Labute approximate surface area is 111 Å². The third-order valence-corrected chi connectivity index (χ3v) is 2.66. The summed E-state index contributed by atoms with van der Waals surface area (Å²) in [5.74, 6) is 1.57. The van der Waals surface area contributed by atoms with Crippen LogP contribution in [0.1, 0.15) is 12.0 Å². The summed E-state index contributed by atoms with van der Waals surface area (Å²) in [7, 11) is 0. The molecule has 0 bridgehead atoms. The molecule has 0 radical (unpaired) electrons. The van der Waals surface area contributed by atoms with Crippen LogP contribution in [0.5, 0.6) is 11.5 Å². The van der Waals surface area contributed by atoms with Crippen molar-refractivity contribution in [3.8, 4) is 11.5 Å². The molecule has 0 spiro atoms. The zero-order chi connectivity index (χ0) is 13.5. The van der Waals surface area contributed by atoms with E-state index in [4.69, 9.17) is 15.2 Å².